The van der Waals surface area contributed by atoms with Crippen molar-refractivity contribution in [2.45, 2.75) is 52.5 Å². The van der Waals surface area contributed by atoms with E-state index in [1.54, 1.807) is 6.92 Å². The molecule has 0 aliphatic heterocycles. The Balaban J connectivity index is 2.64. The zero-order chi connectivity index (χ0) is 20.2. The van der Waals surface area contributed by atoms with Crippen LogP contribution in [-0.4, -0.2) is 43.1 Å². The number of hydrogen-bond donors (Lipinski definition) is 1. The van der Waals surface area contributed by atoms with Crippen LogP contribution < -0.4 is 5.32 Å². The van der Waals surface area contributed by atoms with Crippen molar-refractivity contribution in [2.75, 3.05) is 20.6 Å². The van der Waals surface area contributed by atoms with E-state index in [0.29, 0.717) is 12.5 Å². The highest BCUT2D eigenvalue weighted by Crippen LogP contribution is 2.14. The van der Waals surface area contributed by atoms with Gasteiger partial charge in [-0.05, 0) is 65.8 Å². The molecule has 1 rings (SSSR count). The van der Waals surface area contributed by atoms with E-state index < -0.39 is 0 Å². The number of carbonyl (C=O) groups is 1. The summed E-state index contributed by atoms with van der Waals surface area (Å²) < 4.78 is 0. The molecule has 1 unspecified atom stereocenters. The van der Waals surface area contributed by atoms with E-state index in [1.807, 2.05) is 32.0 Å². The van der Waals surface area contributed by atoms with E-state index in [9.17, 15) is 4.79 Å². The minimum absolute atomic E-state index is 0.251. The molecule has 0 saturated carbocycles. The third kappa shape index (κ3) is 9.34. The number of ketones is 1. The Morgan fingerprint density at radius 3 is 2.37 bits per heavy atom. The molecule has 27 heavy (non-hydrogen) atoms. The average Bonchev–Trinajstić information content (AvgIpc) is 2.61. The predicted molar refractivity (Wildman–Crippen MR) is 116 cm³/mol. The van der Waals surface area contributed by atoms with Gasteiger partial charge < -0.3 is 15.0 Å². The molecule has 1 aromatic rings. The van der Waals surface area contributed by atoms with Crippen LogP contribution in [0.5, 0.6) is 0 Å². The number of nitrogens with zero attached hydrogens (tertiary/aromatic N) is 2. The van der Waals surface area contributed by atoms with Crippen molar-refractivity contribution in [1.82, 2.24) is 10.2 Å². The normalized spacial score (nSPS) is 13.6. The summed E-state index contributed by atoms with van der Waals surface area (Å²) in [5, 5.41) is 3.40. The second-order valence-electron chi connectivity index (χ2n) is 7.18. The Morgan fingerprint density at radius 1 is 1.19 bits per heavy atom. The number of nitrogens with one attached hydrogen (secondary N) is 1. The smallest absolute Gasteiger partial charge is 0.129 e. The van der Waals surface area contributed by atoms with Crippen molar-refractivity contribution < 1.29 is 4.79 Å². The van der Waals surface area contributed by atoms with Crippen LogP contribution in [0.25, 0.3) is 0 Å². The first kappa shape index (κ1) is 22.8. The first-order valence-corrected chi connectivity index (χ1v) is 9.72. The lowest BCUT2D eigenvalue weighted by atomic mass is 10.0. The van der Waals surface area contributed by atoms with Crippen molar-refractivity contribution in [3.05, 3.63) is 59.9 Å². The molecule has 0 spiro atoms. The van der Waals surface area contributed by atoms with Crippen molar-refractivity contribution in [1.29, 1.82) is 0 Å². The highest BCUT2D eigenvalue weighted by Gasteiger charge is 2.13. The second-order valence-corrected chi connectivity index (χ2v) is 7.18. The van der Waals surface area contributed by atoms with Crippen LogP contribution in [0.1, 0.15) is 52.0 Å². The number of rotatable bonds is 12. The van der Waals surface area contributed by atoms with Gasteiger partial charge in [0.25, 0.3) is 0 Å². The summed E-state index contributed by atoms with van der Waals surface area (Å²) in [4.78, 5) is 18.1. The highest BCUT2D eigenvalue weighted by atomic mass is 16.1. The molecule has 0 amide bonds. The Hall–Kier alpha value is -2.20. The summed E-state index contributed by atoms with van der Waals surface area (Å²) in [6, 6.07) is 10.6. The SMILES string of the molecule is C=C(CCC(CCC(C)=O)N(C)C)N/C(C)=C/C(=NCC)c1ccccc1. The monoisotopic (exact) mass is 369 g/mol. The summed E-state index contributed by atoms with van der Waals surface area (Å²) in [5.41, 5.74) is 4.11. The van der Waals surface area contributed by atoms with Gasteiger partial charge in [0.2, 0.25) is 0 Å². The van der Waals surface area contributed by atoms with Crippen LogP contribution in [0.15, 0.2) is 59.4 Å². The third-order valence-electron chi connectivity index (χ3n) is 4.46. The summed E-state index contributed by atoms with van der Waals surface area (Å²) >= 11 is 0. The Bertz CT molecular complexity index is 659. The Kier molecular flexibility index (Phi) is 10.3. The quantitative estimate of drug-likeness (QED) is 0.548. The van der Waals surface area contributed by atoms with Gasteiger partial charge in [0, 0.05) is 30.4 Å². The molecule has 0 aromatic heterocycles. The fraction of sp³-hybridized carbons (Fsp3) is 0.478. The van der Waals surface area contributed by atoms with Crippen LogP contribution in [0.4, 0.5) is 0 Å². The highest BCUT2D eigenvalue weighted by molar-refractivity contribution is 6.09. The van der Waals surface area contributed by atoms with Crippen LogP contribution in [0, 0.1) is 0 Å². The van der Waals surface area contributed by atoms with Crippen LogP contribution >= 0.6 is 0 Å². The lowest BCUT2D eigenvalue weighted by Crippen LogP contribution is -2.29. The molecule has 0 aliphatic carbocycles. The van der Waals surface area contributed by atoms with Crippen molar-refractivity contribution in [2.24, 2.45) is 4.99 Å². The third-order valence-corrected chi connectivity index (χ3v) is 4.46. The topological polar surface area (TPSA) is 44.7 Å². The molecule has 148 valence electrons. The van der Waals surface area contributed by atoms with E-state index in [-0.39, 0.29) is 5.78 Å². The average molecular weight is 370 g/mol. The molecule has 4 nitrogen and oxygen atoms in total. The van der Waals surface area contributed by atoms with Crippen molar-refractivity contribution in [3.63, 3.8) is 0 Å². The Morgan fingerprint density at radius 2 is 1.81 bits per heavy atom. The van der Waals surface area contributed by atoms with E-state index >= 15 is 0 Å². The van der Waals surface area contributed by atoms with Gasteiger partial charge >= 0.3 is 0 Å². The zero-order valence-electron chi connectivity index (χ0n) is 17.6. The lowest BCUT2D eigenvalue weighted by molar-refractivity contribution is -0.117. The lowest BCUT2D eigenvalue weighted by Gasteiger charge is -2.24. The number of carbonyl (C=O) groups excluding carboxylic acids is 1. The standard InChI is InChI=1S/C23H35N3O/c1-7-24-23(21-11-9-8-10-12-21)17-19(3)25-18(2)13-15-22(26(5)6)16-14-20(4)27/h8-12,17,22,25H,2,7,13-16H2,1,3-6H3/b19-17+,24-23?. The second kappa shape index (κ2) is 12.2. The molecule has 0 aliphatic rings. The van der Waals surface area contributed by atoms with Gasteiger partial charge in [-0.2, -0.15) is 0 Å². The van der Waals surface area contributed by atoms with E-state index in [1.165, 1.54) is 0 Å². The summed E-state index contributed by atoms with van der Waals surface area (Å²) in [5.74, 6) is 0.251. The number of allylic oxidation sites excluding steroid dienone is 3. The summed E-state index contributed by atoms with van der Waals surface area (Å²) in [7, 11) is 4.14. The number of hydrogen-bond acceptors (Lipinski definition) is 4. The largest absolute Gasteiger partial charge is 0.363 e. The predicted octanol–water partition coefficient (Wildman–Crippen LogP) is 4.58. The number of aliphatic imine (C=N–C) groups is 1. The zero-order valence-corrected chi connectivity index (χ0v) is 17.6. The molecule has 1 aromatic carbocycles. The Labute approximate surface area is 165 Å². The van der Waals surface area contributed by atoms with E-state index in [2.05, 4.69) is 54.1 Å². The van der Waals surface area contributed by atoms with Crippen LogP contribution in [-0.2, 0) is 4.79 Å². The maximum Gasteiger partial charge on any atom is 0.129 e. The van der Waals surface area contributed by atoms with Gasteiger partial charge in [0.15, 0.2) is 0 Å². The molecule has 1 N–H and O–H groups in total. The molecule has 4 heteroatoms. The molecule has 1 atom stereocenters. The van der Waals surface area contributed by atoms with Crippen molar-refractivity contribution in [3.8, 4) is 0 Å². The van der Waals surface area contributed by atoms with Gasteiger partial charge in [0.05, 0.1) is 5.71 Å². The van der Waals surface area contributed by atoms with Gasteiger partial charge in [0.1, 0.15) is 5.78 Å². The molecule has 0 saturated heterocycles. The molecular weight excluding hydrogens is 334 g/mol. The molecular formula is C23H35N3O. The van der Waals surface area contributed by atoms with Crippen LogP contribution in [0.2, 0.25) is 0 Å². The number of benzene rings is 1. The maximum atomic E-state index is 11.3. The molecule has 0 fully saturated rings. The van der Waals surface area contributed by atoms with Gasteiger partial charge in [-0.25, -0.2) is 0 Å². The number of Topliss-reactive ketones (excluding diaryl/α,β-unsaturated/α-hetero) is 1. The van der Waals surface area contributed by atoms with Crippen LogP contribution in [0.3, 0.4) is 0 Å². The van der Waals surface area contributed by atoms with E-state index in [0.717, 1.165) is 48.5 Å². The fourth-order valence-corrected chi connectivity index (χ4v) is 2.95. The van der Waals surface area contributed by atoms with Crippen molar-refractivity contribution >= 4 is 11.5 Å². The summed E-state index contributed by atoms with van der Waals surface area (Å²) in [6.07, 6.45) is 5.45. The molecule has 0 bridgehead atoms. The first-order chi connectivity index (χ1) is 12.8. The van der Waals surface area contributed by atoms with Gasteiger partial charge in [-0.1, -0.05) is 36.9 Å². The molecule has 0 heterocycles. The van der Waals surface area contributed by atoms with Gasteiger partial charge in [-0.15, -0.1) is 0 Å². The van der Waals surface area contributed by atoms with E-state index in [4.69, 9.17) is 0 Å². The maximum absolute atomic E-state index is 11.3. The van der Waals surface area contributed by atoms with Gasteiger partial charge in [-0.3, -0.25) is 4.99 Å². The first-order valence-electron chi connectivity index (χ1n) is 9.72. The minimum Gasteiger partial charge on any atom is -0.363 e. The summed E-state index contributed by atoms with van der Waals surface area (Å²) in [6.45, 7) is 10.7. The fourth-order valence-electron chi connectivity index (χ4n) is 2.95. The molecule has 0 radical (unpaired) electrons. The minimum atomic E-state index is 0.251.